The molecule has 0 spiro atoms. The number of pyridine rings is 1. The van der Waals surface area contributed by atoms with Gasteiger partial charge in [-0.2, -0.15) is 0 Å². The van der Waals surface area contributed by atoms with Gasteiger partial charge in [0.15, 0.2) is 0 Å². The third-order valence-electron chi connectivity index (χ3n) is 3.46. The maximum Gasteiger partial charge on any atom is 0.129 e. The van der Waals surface area contributed by atoms with Gasteiger partial charge in [0.05, 0.1) is 11.9 Å². The SMILES string of the molecule is CN(CC1(N(C)C)CC1)c1ccc(Cl)nc1. The van der Waals surface area contributed by atoms with Gasteiger partial charge in [-0.05, 0) is 39.1 Å². The molecule has 0 N–H and O–H groups in total. The smallest absolute Gasteiger partial charge is 0.129 e. The predicted octanol–water partition coefficient (Wildman–Crippen LogP) is 2.27. The van der Waals surface area contributed by atoms with Gasteiger partial charge in [0.2, 0.25) is 0 Å². The summed E-state index contributed by atoms with van der Waals surface area (Å²) in [5.41, 5.74) is 1.49. The zero-order valence-corrected chi connectivity index (χ0v) is 10.8. The highest BCUT2D eigenvalue weighted by atomic mass is 35.5. The van der Waals surface area contributed by atoms with E-state index in [1.807, 2.05) is 18.3 Å². The van der Waals surface area contributed by atoms with Crippen molar-refractivity contribution in [3.05, 3.63) is 23.5 Å². The molecule has 1 saturated carbocycles. The van der Waals surface area contributed by atoms with Gasteiger partial charge >= 0.3 is 0 Å². The lowest BCUT2D eigenvalue weighted by Gasteiger charge is -2.30. The number of hydrogen-bond donors (Lipinski definition) is 0. The van der Waals surface area contributed by atoms with Crippen molar-refractivity contribution in [2.75, 3.05) is 32.6 Å². The minimum atomic E-state index is 0.369. The maximum absolute atomic E-state index is 5.77. The second-order valence-electron chi connectivity index (χ2n) is 4.81. The minimum Gasteiger partial charge on any atom is -0.371 e. The molecule has 0 radical (unpaired) electrons. The van der Waals surface area contributed by atoms with Crippen molar-refractivity contribution in [3.8, 4) is 0 Å². The second-order valence-corrected chi connectivity index (χ2v) is 5.20. The van der Waals surface area contributed by atoms with E-state index in [4.69, 9.17) is 11.6 Å². The molecule has 1 fully saturated rings. The van der Waals surface area contributed by atoms with Crippen molar-refractivity contribution < 1.29 is 0 Å². The molecule has 16 heavy (non-hydrogen) atoms. The first-order valence-electron chi connectivity index (χ1n) is 5.54. The zero-order valence-electron chi connectivity index (χ0n) is 10.1. The molecule has 88 valence electrons. The third-order valence-corrected chi connectivity index (χ3v) is 3.68. The molecule has 3 nitrogen and oxygen atoms in total. The Labute approximate surface area is 102 Å². The quantitative estimate of drug-likeness (QED) is 0.752. The van der Waals surface area contributed by atoms with Crippen LogP contribution in [0.4, 0.5) is 5.69 Å². The minimum absolute atomic E-state index is 0.369. The molecule has 1 aromatic rings. The van der Waals surface area contributed by atoms with Crippen LogP contribution in [0.15, 0.2) is 18.3 Å². The van der Waals surface area contributed by atoms with Crippen molar-refractivity contribution in [3.63, 3.8) is 0 Å². The molecular weight excluding hydrogens is 222 g/mol. The van der Waals surface area contributed by atoms with Crippen LogP contribution in [0.1, 0.15) is 12.8 Å². The van der Waals surface area contributed by atoms with Crippen molar-refractivity contribution in [1.29, 1.82) is 0 Å². The van der Waals surface area contributed by atoms with Gasteiger partial charge in [-0.25, -0.2) is 4.98 Å². The lowest BCUT2D eigenvalue weighted by Crippen LogP contribution is -2.41. The van der Waals surface area contributed by atoms with E-state index in [-0.39, 0.29) is 0 Å². The molecule has 1 heterocycles. The number of likely N-dealkylation sites (N-methyl/N-ethyl adjacent to an activating group) is 2. The molecule has 0 aliphatic heterocycles. The predicted molar refractivity (Wildman–Crippen MR) is 68.2 cm³/mol. The highest BCUT2D eigenvalue weighted by Crippen LogP contribution is 2.41. The van der Waals surface area contributed by atoms with Crippen LogP contribution < -0.4 is 4.90 Å². The summed E-state index contributed by atoms with van der Waals surface area (Å²) in [6.45, 7) is 1.04. The molecule has 2 rings (SSSR count). The Morgan fingerprint density at radius 3 is 2.44 bits per heavy atom. The fourth-order valence-electron chi connectivity index (χ4n) is 2.02. The molecular formula is C12H18ClN3. The number of hydrogen-bond acceptors (Lipinski definition) is 3. The summed E-state index contributed by atoms with van der Waals surface area (Å²) in [5, 5.41) is 0.547. The van der Waals surface area contributed by atoms with Gasteiger partial charge in [-0.3, -0.25) is 0 Å². The van der Waals surface area contributed by atoms with E-state index in [9.17, 15) is 0 Å². The van der Waals surface area contributed by atoms with Gasteiger partial charge in [-0.15, -0.1) is 0 Å². The number of aromatic nitrogens is 1. The fraction of sp³-hybridized carbons (Fsp3) is 0.583. The Bertz CT molecular complexity index is 357. The van der Waals surface area contributed by atoms with E-state index in [1.165, 1.54) is 12.8 Å². The highest BCUT2D eigenvalue weighted by Gasteiger charge is 2.45. The first-order valence-corrected chi connectivity index (χ1v) is 5.91. The van der Waals surface area contributed by atoms with E-state index in [0.717, 1.165) is 12.2 Å². The molecule has 4 heteroatoms. The summed E-state index contributed by atoms with van der Waals surface area (Å²) in [5.74, 6) is 0. The van der Waals surface area contributed by atoms with Crippen LogP contribution in [-0.4, -0.2) is 43.1 Å². The van der Waals surface area contributed by atoms with E-state index < -0.39 is 0 Å². The number of anilines is 1. The average molecular weight is 240 g/mol. The summed E-state index contributed by atoms with van der Waals surface area (Å²) in [7, 11) is 6.41. The fourth-order valence-corrected chi connectivity index (χ4v) is 2.13. The van der Waals surface area contributed by atoms with Crippen LogP contribution in [0.5, 0.6) is 0 Å². The molecule has 0 unspecified atom stereocenters. The van der Waals surface area contributed by atoms with Crippen molar-refractivity contribution in [1.82, 2.24) is 9.88 Å². The molecule has 1 aliphatic carbocycles. The molecule has 0 bridgehead atoms. The summed E-state index contributed by atoms with van der Waals surface area (Å²) < 4.78 is 0. The highest BCUT2D eigenvalue weighted by molar-refractivity contribution is 6.29. The monoisotopic (exact) mass is 239 g/mol. The molecule has 0 saturated heterocycles. The van der Waals surface area contributed by atoms with Crippen molar-refractivity contribution >= 4 is 17.3 Å². The van der Waals surface area contributed by atoms with Gasteiger partial charge < -0.3 is 9.80 Å². The molecule has 1 aromatic heterocycles. The van der Waals surface area contributed by atoms with E-state index in [1.54, 1.807) is 0 Å². The van der Waals surface area contributed by atoms with E-state index in [0.29, 0.717) is 10.7 Å². The average Bonchev–Trinajstić information content (AvgIpc) is 3.00. The second kappa shape index (κ2) is 4.22. The van der Waals surface area contributed by atoms with Crippen LogP contribution in [0, 0.1) is 0 Å². The Balaban J connectivity index is 2.03. The Morgan fingerprint density at radius 1 is 1.31 bits per heavy atom. The maximum atomic E-state index is 5.77. The van der Waals surface area contributed by atoms with Crippen LogP contribution in [0.3, 0.4) is 0 Å². The summed E-state index contributed by atoms with van der Waals surface area (Å²) >= 11 is 5.77. The summed E-state index contributed by atoms with van der Waals surface area (Å²) in [6, 6.07) is 3.85. The Kier molecular flexibility index (Phi) is 3.08. The van der Waals surface area contributed by atoms with Gasteiger partial charge in [0, 0.05) is 19.1 Å². The van der Waals surface area contributed by atoms with Crippen molar-refractivity contribution in [2.45, 2.75) is 18.4 Å². The third kappa shape index (κ3) is 2.30. The van der Waals surface area contributed by atoms with Crippen LogP contribution >= 0.6 is 11.6 Å². The molecule has 0 amide bonds. The Morgan fingerprint density at radius 2 is 2.00 bits per heavy atom. The normalized spacial score (nSPS) is 17.6. The topological polar surface area (TPSA) is 19.4 Å². The van der Waals surface area contributed by atoms with Crippen molar-refractivity contribution in [2.24, 2.45) is 0 Å². The van der Waals surface area contributed by atoms with Gasteiger partial charge in [0.1, 0.15) is 5.15 Å². The standard InChI is InChI=1S/C12H18ClN3/c1-15(2)12(6-7-12)9-16(3)10-4-5-11(13)14-8-10/h4-5,8H,6-7,9H2,1-3H3. The zero-order chi connectivity index (χ0) is 11.8. The molecule has 0 atom stereocenters. The Hall–Kier alpha value is -0.800. The summed E-state index contributed by atoms with van der Waals surface area (Å²) in [4.78, 5) is 8.68. The number of halogens is 1. The number of rotatable bonds is 4. The first kappa shape index (κ1) is 11.7. The lowest BCUT2D eigenvalue weighted by atomic mass is 10.2. The number of nitrogens with zero attached hydrogens (tertiary/aromatic N) is 3. The largest absolute Gasteiger partial charge is 0.371 e. The molecule has 1 aliphatic rings. The molecule has 0 aromatic carbocycles. The lowest BCUT2D eigenvalue weighted by molar-refractivity contribution is 0.276. The van der Waals surface area contributed by atoms with Gasteiger partial charge in [0.25, 0.3) is 0 Å². The van der Waals surface area contributed by atoms with E-state index >= 15 is 0 Å². The van der Waals surface area contributed by atoms with Crippen LogP contribution in [0.2, 0.25) is 5.15 Å². The summed E-state index contributed by atoms with van der Waals surface area (Å²) in [6.07, 6.45) is 4.39. The van der Waals surface area contributed by atoms with Crippen LogP contribution in [0.25, 0.3) is 0 Å². The van der Waals surface area contributed by atoms with Gasteiger partial charge in [-0.1, -0.05) is 11.6 Å². The first-order chi connectivity index (χ1) is 7.53. The van der Waals surface area contributed by atoms with E-state index in [2.05, 4.69) is 35.9 Å². The van der Waals surface area contributed by atoms with Crippen LogP contribution in [-0.2, 0) is 0 Å².